The van der Waals surface area contributed by atoms with Crippen LogP contribution in [-0.2, 0) is 36.9 Å². The number of aryl methyl sites for hydroxylation is 4. The van der Waals surface area contributed by atoms with Crippen LogP contribution in [0.4, 0.5) is 0 Å². The predicted octanol–water partition coefficient (Wildman–Crippen LogP) is 6.28. The van der Waals surface area contributed by atoms with Gasteiger partial charge < -0.3 is 9.84 Å². The van der Waals surface area contributed by atoms with Crippen LogP contribution in [0.2, 0.25) is 0 Å². The number of esters is 1. The number of ether oxygens (including phenoxy) is 1. The van der Waals surface area contributed by atoms with Gasteiger partial charge in [-0.05, 0) is 90.1 Å². The number of rotatable bonds is 10. The average Bonchev–Trinajstić information content (AvgIpc) is 2.83. The van der Waals surface area contributed by atoms with Gasteiger partial charge in [0.2, 0.25) is 0 Å². The molecule has 0 fully saturated rings. The maximum absolute atomic E-state index is 11.7. The van der Waals surface area contributed by atoms with E-state index >= 15 is 0 Å². The Morgan fingerprint density at radius 1 is 0.788 bits per heavy atom. The molecule has 0 aromatic heterocycles. The van der Waals surface area contributed by atoms with Crippen molar-refractivity contribution in [1.29, 1.82) is 0 Å². The number of aliphatic hydroxyl groups excluding tert-OH is 1. The first-order valence-corrected chi connectivity index (χ1v) is 11.8. The van der Waals surface area contributed by atoms with Crippen LogP contribution in [0.1, 0.15) is 48.6 Å². The van der Waals surface area contributed by atoms with E-state index in [9.17, 15) is 9.90 Å². The Labute approximate surface area is 197 Å². The van der Waals surface area contributed by atoms with Crippen molar-refractivity contribution < 1.29 is 14.6 Å². The molecule has 0 aliphatic heterocycles. The van der Waals surface area contributed by atoms with E-state index in [-0.39, 0.29) is 6.61 Å². The van der Waals surface area contributed by atoms with Gasteiger partial charge in [0.1, 0.15) is 5.75 Å². The van der Waals surface area contributed by atoms with Gasteiger partial charge >= 0.3 is 5.97 Å². The molecule has 0 atom stereocenters. The molecule has 0 amide bonds. The molecule has 3 aromatic carbocycles. The highest BCUT2D eigenvalue weighted by Crippen LogP contribution is 2.30. The summed E-state index contributed by atoms with van der Waals surface area (Å²) in [7, 11) is 0. The molecule has 0 aliphatic carbocycles. The van der Waals surface area contributed by atoms with Gasteiger partial charge in [0, 0.05) is 12.2 Å². The highest BCUT2D eigenvalue weighted by molar-refractivity contribution is 5.88. The Morgan fingerprint density at radius 2 is 1.27 bits per heavy atom. The van der Waals surface area contributed by atoms with Crippen LogP contribution >= 0.6 is 0 Å². The second kappa shape index (κ2) is 11.6. The zero-order valence-electron chi connectivity index (χ0n) is 20.0. The van der Waals surface area contributed by atoms with Crippen molar-refractivity contribution in [2.75, 3.05) is 6.61 Å². The maximum atomic E-state index is 11.7. The van der Waals surface area contributed by atoms with Crippen molar-refractivity contribution in [2.45, 2.75) is 52.9 Å². The fourth-order valence-corrected chi connectivity index (χ4v) is 4.05. The molecule has 3 aromatic rings. The second-order valence-corrected chi connectivity index (χ2v) is 8.48. The first kappa shape index (κ1) is 24.5. The number of carbonyl (C=O) groups is 1. The second-order valence-electron chi connectivity index (χ2n) is 8.48. The zero-order valence-corrected chi connectivity index (χ0v) is 20.0. The quantitative estimate of drug-likeness (QED) is 0.228. The van der Waals surface area contributed by atoms with Gasteiger partial charge in [0.05, 0.1) is 0 Å². The summed E-state index contributed by atoms with van der Waals surface area (Å²) in [5.41, 5.74) is 9.40. The van der Waals surface area contributed by atoms with Crippen molar-refractivity contribution in [3.05, 3.63) is 101 Å². The SMILES string of the molecule is C=C(C)C(=O)Oc1ccc(CCc2ccc(-c3ccc(CCO)cc3CC)c(CC)c2)cc1. The molecule has 33 heavy (non-hydrogen) atoms. The lowest BCUT2D eigenvalue weighted by Gasteiger charge is -2.15. The van der Waals surface area contributed by atoms with E-state index in [1.54, 1.807) is 6.92 Å². The lowest BCUT2D eigenvalue weighted by Crippen LogP contribution is -2.08. The van der Waals surface area contributed by atoms with Gasteiger partial charge in [0.25, 0.3) is 0 Å². The number of hydrogen-bond donors (Lipinski definition) is 1. The van der Waals surface area contributed by atoms with E-state index in [0.717, 1.165) is 25.7 Å². The van der Waals surface area contributed by atoms with Crippen molar-refractivity contribution in [2.24, 2.45) is 0 Å². The molecular weight excluding hydrogens is 408 g/mol. The lowest BCUT2D eigenvalue weighted by molar-refractivity contribution is -0.130. The van der Waals surface area contributed by atoms with Crippen LogP contribution < -0.4 is 4.74 Å². The summed E-state index contributed by atoms with van der Waals surface area (Å²) >= 11 is 0. The van der Waals surface area contributed by atoms with Crippen molar-refractivity contribution >= 4 is 5.97 Å². The average molecular weight is 443 g/mol. The molecule has 0 saturated heterocycles. The molecule has 3 nitrogen and oxygen atoms in total. The number of benzene rings is 3. The summed E-state index contributed by atoms with van der Waals surface area (Å²) in [6.45, 7) is 9.82. The Kier molecular flexibility index (Phi) is 8.62. The Morgan fingerprint density at radius 3 is 1.76 bits per heavy atom. The zero-order chi connectivity index (χ0) is 23.8. The molecule has 172 valence electrons. The topological polar surface area (TPSA) is 46.5 Å². The third-order valence-electron chi connectivity index (χ3n) is 5.98. The molecule has 0 saturated carbocycles. The maximum Gasteiger partial charge on any atom is 0.338 e. The van der Waals surface area contributed by atoms with Crippen LogP contribution in [0.25, 0.3) is 11.1 Å². The fourth-order valence-electron chi connectivity index (χ4n) is 4.05. The van der Waals surface area contributed by atoms with Gasteiger partial charge in [-0.2, -0.15) is 0 Å². The van der Waals surface area contributed by atoms with Gasteiger partial charge in [-0.15, -0.1) is 0 Å². The molecule has 3 heteroatoms. The van der Waals surface area contributed by atoms with E-state index in [0.29, 0.717) is 17.7 Å². The summed E-state index contributed by atoms with van der Waals surface area (Å²) < 4.78 is 5.27. The number of carbonyl (C=O) groups excluding carboxylic acids is 1. The molecule has 0 spiro atoms. The van der Waals surface area contributed by atoms with Crippen molar-refractivity contribution in [3.8, 4) is 16.9 Å². The third kappa shape index (κ3) is 6.43. The minimum atomic E-state index is -0.399. The Hall–Kier alpha value is -3.17. The van der Waals surface area contributed by atoms with E-state index in [4.69, 9.17) is 4.74 Å². The summed E-state index contributed by atoms with van der Waals surface area (Å²) in [4.78, 5) is 11.7. The minimum Gasteiger partial charge on any atom is -0.423 e. The molecule has 0 aliphatic rings. The minimum absolute atomic E-state index is 0.180. The van der Waals surface area contributed by atoms with Crippen molar-refractivity contribution in [3.63, 3.8) is 0 Å². The Bertz CT molecular complexity index is 1110. The monoisotopic (exact) mass is 442 g/mol. The van der Waals surface area contributed by atoms with Crippen LogP contribution in [0.5, 0.6) is 5.75 Å². The summed E-state index contributed by atoms with van der Waals surface area (Å²) in [6.07, 6.45) is 4.52. The molecule has 3 rings (SSSR count). The van der Waals surface area contributed by atoms with Gasteiger partial charge in [0.15, 0.2) is 0 Å². The van der Waals surface area contributed by atoms with E-state index in [1.165, 1.54) is 38.9 Å². The molecule has 1 N–H and O–H groups in total. The molecule has 0 unspecified atom stereocenters. The summed E-state index contributed by atoms with van der Waals surface area (Å²) in [5, 5.41) is 9.26. The lowest BCUT2D eigenvalue weighted by atomic mass is 9.89. The van der Waals surface area contributed by atoms with Gasteiger partial charge in [-0.3, -0.25) is 0 Å². The molecule has 0 heterocycles. The normalized spacial score (nSPS) is 10.8. The van der Waals surface area contributed by atoms with Crippen LogP contribution in [0.15, 0.2) is 72.8 Å². The first-order chi connectivity index (χ1) is 15.9. The Balaban J connectivity index is 1.73. The standard InChI is InChI=1S/C30H34O3/c1-5-25-19-23(8-7-22-9-13-27(14-10-22)33-30(32)21(3)4)11-15-28(25)29-16-12-24(17-18-31)20-26(29)6-2/h9-16,19-20,31H,3,5-8,17-18H2,1-2,4H3. The van der Waals surface area contributed by atoms with E-state index in [1.807, 2.05) is 24.3 Å². The van der Waals surface area contributed by atoms with Gasteiger partial charge in [-0.1, -0.05) is 69.0 Å². The number of aliphatic hydroxyl groups is 1. The highest BCUT2D eigenvalue weighted by Gasteiger charge is 2.11. The first-order valence-electron chi connectivity index (χ1n) is 11.8. The van der Waals surface area contributed by atoms with Crippen LogP contribution in [0, 0.1) is 0 Å². The summed E-state index contributed by atoms with van der Waals surface area (Å²) in [6, 6.07) is 21.1. The summed E-state index contributed by atoms with van der Waals surface area (Å²) in [5.74, 6) is 0.144. The van der Waals surface area contributed by atoms with Crippen LogP contribution in [-0.4, -0.2) is 17.7 Å². The highest BCUT2D eigenvalue weighted by atomic mass is 16.5. The fraction of sp³-hybridized carbons (Fsp3) is 0.300. The van der Waals surface area contributed by atoms with E-state index in [2.05, 4.69) is 56.8 Å². The van der Waals surface area contributed by atoms with Crippen molar-refractivity contribution in [1.82, 2.24) is 0 Å². The van der Waals surface area contributed by atoms with Crippen LogP contribution in [0.3, 0.4) is 0 Å². The largest absolute Gasteiger partial charge is 0.423 e. The van der Waals surface area contributed by atoms with Gasteiger partial charge in [-0.25, -0.2) is 4.79 Å². The van der Waals surface area contributed by atoms with E-state index < -0.39 is 5.97 Å². The molecular formula is C30H34O3. The third-order valence-corrected chi connectivity index (χ3v) is 5.98. The number of hydrogen-bond acceptors (Lipinski definition) is 3. The molecule has 0 bridgehead atoms. The molecule has 0 radical (unpaired) electrons. The predicted molar refractivity (Wildman–Crippen MR) is 136 cm³/mol. The smallest absolute Gasteiger partial charge is 0.338 e.